The highest BCUT2D eigenvalue weighted by Gasteiger charge is 2.23. The normalized spacial score (nSPS) is 13.1. The van der Waals surface area contributed by atoms with Crippen molar-refractivity contribution in [3.05, 3.63) is 47.5 Å². The summed E-state index contributed by atoms with van der Waals surface area (Å²) in [6.07, 6.45) is 2.10. The van der Waals surface area contributed by atoms with Gasteiger partial charge in [0.2, 0.25) is 5.91 Å². The lowest BCUT2D eigenvalue weighted by Crippen LogP contribution is -2.35. The molecule has 0 aliphatic carbocycles. The number of nitrogens with one attached hydrogen (secondary N) is 1. The van der Waals surface area contributed by atoms with Crippen molar-refractivity contribution in [1.82, 2.24) is 0 Å². The Morgan fingerprint density at radius 2 is 1.76 bits per heavy atom. The van der Waals surface area contributed by atoms with Gasteiger partial charge >= 0.3 is 0 Å². The number of carbonyl (C=O) groups is 2. The van der Waals surface area contributed by atoms with E-state index in [1.165, 1.54) is 0 Å². The van der Waals surface area contributed by atoms with Crippen LogP contribution in [0, 0.1) is 0 Å². The average molecular weight is 396 g/mol. The molecule has 154 valence electrons. The largest absolute Gasteiger partial charge is 0.490 e. The van der Waals surface area contributed by atoms with E-state index < -0.39 is 0 Å². The topological polar surface area (TPSA) is 67.9 Å². The van der Waals surface area contributed by atoms with Crippen LogP contribution in [0.1, 0.15) is 49.5 Å². The first-order chi connectivity index (χ1) is 14.1. The quantitative estimate of drug-likeness (QED) is 0.717. The van der Waals surface area contributed by atoms with E-state index in [1.54, 1.807) is 18.2 Å². The third-order valence-electron chi connectivity index (χ3n) is 4.79. The van der Waals surface area contributed by atoms with E-state index in [1.807, 2.05) is 36.9 Å². The minimum atomic E-state index is -0.216. The lowest BCUT2D eigenvalue weighted by atomic mass is 10.00. The maximum atomic E-state index is 12.8. The van der Waals surface area contributed by atoms with Crippen molar-refractivity contribution in [2.45, 2.75) is 40.0 Å². The van der Waals surface area contributed by atoms with Gasteiger partial charge in [-0.2, -0.15) is 0 Å². The Balaban J connectivity index is 1.79. The van der Waals surface area contributed by atoms with Gasteiger partial charge in [-0.1, -0.05) is 6.92 Å². The Labute approximate surface area is 171 Å². The van der Waals surface area contributed by atoms with E-state index in [0.717, 1.165) is 17.7 Å². The number of fused-ring (bicyclic) bond motifs is 1. The molecule has 2 amide bonds. The highest BCUT2D eigenvalue weighted by atomic mass is 16.5. The minimum Gasteiger partial charge on any atom is -0.490 e. The van der Waals surface area contributed by atoms with Gasteiger partial charge in [-0.05, 0) is 68.7 Å². The van der Waals surface area contributed by atoms with Gasteiger partial charge in [0, 0.05) is 29.9 Å². The third kappa shape index (κ3) is 4.70. The molecule has 1 N–H and O–H groups in total. The molecule has 0 unspecified atom stereocenters. The molecule has 0 bridgehead atoms. The lowest BCUT2D eigenvalue weighted by Gasteiger charge is -2.29. The second-order valence-electron chi connectivity index (χ2n) is 6.87. The van der Waals surface area contributed by atoms with Crippen LogP contribution in [-0.4, -0.2) is 31.6 Å². The summed E-state index contributed by atoms with van der Waals surface area (Å²) in [5.41, 5.74) is 3.24. The predicted octanol–water partition coefficient (Wildman–Crippen LogP) is 4.43. The molecule has 0 spiro atoms. The van der Waals surface area contributed by atoms with Gasteiger partial charge in [-0.3, -0.25) is 9.59 Å². The first-order valence-electron chi connectivity index (χ1n) is 10.2. The van der Waals surface area contributed by atoms with Crippen molar-refractivity contribution in [1.29, 1.82) is 0 Å². The summed E-state index contributed by atoms with van der Waals surface area (Å²) in [5.74, 6) is 1.13. The number of hydrogen-bond donors (Lipinski definition) is 1. The summed E-state index contributed by atoms with van der Waals surface area (Å²) in [6.45, 7) is 7.58. The van der Waals surface area contributed by atoms with Gasteiger partial charge in [-0.15, -0.1) is 0 Å². The highest BCUT2D eigenvalue weighted by molar-refractivity contribution is 6.05. The third-order valence-corrected chi connectivity index (χ3v) is 4.79. The fourth-order valence-corrected chi connectivity index (χ4v) is 3.50. The van der Waals surface area contributed by atoms with Gasteiger partial charge in [0.25, 0.3) is 5.91 Å². The molecule has 1 aliphatic rings. The minimum absolute atomic E-state index is 0.161. The number of amides is 2. The van der Waals surface area contributed by atoms with Crippen LogP contribution in [0.3, 0.4) is 0 Å². The molecule has 2 aromatic carbocycles. The molecule has 0 atom stereocenters. The molecular weight excluding hydrogens is 368 g/mol. The zero-order valence-corrected chi connectivity index (χ0v) is 17.3. The molecule has 29 heavy (non-hydrogen) atoms. The van der Waals surface area contributed by atoms with Crippen molar-refractivity contribution in [3.8, 4) is 11.5 Å². The molecule has 6 nitrogen and oxygen atoms in total. The van der Waals surface area contributed by atoms with Crippen molar-refractivity contribution in [2.24, 2.45) is 0 Å². The summed E-state index contributed by atoms with van der Waals surface area (Å²) in [6, 6.07) is 10.9. The van der Waals surface area contributed by atoms with E-state index in [4.69, 9.17) is 9.47 Å². The molecular formula is C23H28N2O4. The number of ether oxygens (including phenoxy) is 2. The smallest absolute Gasteiger partial charge is 0.255 e. The number of carbonyl (C=O) groups excluding carboxylic acids is 2. The molecule has 2 aromatic rings. The van der Waals surface area contributed by atoms with Crippen molar-refractivity contribution < 1.29 is 19.1 Å². The SMILES string of the molecule is CCCN1C(=O)CCc2cc(NC(=O)c3ccc(OCC)c(OCC)c3)ccc21. The standard InChI is InChI=1S/C23H28N2O4/c1-4-13-25-19-10-9-18(14-16(19)8-12-22(25)26)24-23(27)17-7-11-20(28-5-2)21(15-17)29-6-3/h7,9-11,14-15H,4-6,8,12-13H2,1-3H3,(H,24,27). The number of aryl methyl sites for hydroxylation is 1. The van der Waals surface area contributed by atoms with Gasteiger partial charge in [-0.25, -0.2) is 0 Å². The van der Waals surface area contributed by atoms with Crippen LogP contribution in [0.2, 0.25) is 0 Å². The molecule has 1 heterocycles. The van der Waals surface area contributed by atoms with Crippen LogP contribution in [0.4, 0.5) is 11.4 Å². The summed E-state index contributed by atoms with van der Waals surface area (Å²) in [4.78, 5) is 26.8. The van der Waals surface area contributed by atoms with Crippen LogP contribution in [0.5, 0.6) is 11.5 Å². The van der Waals surface area contributed by atoms with Gasteiger partial charge < -0.3 is 19.7 Å². The van der Waals surface area contributed by atoms with E-state index in [9.17, 15) is 9.59 Å². The lowest BCUT2D eigenvalue weighted by molar-refractivity contribution is -0.118. The molecule has 0 aromatic heterocycles. The molecule has 3 rings (SSSR count). The predicted molar refractivity (Wildman–Crippen MR) is 114 cm³/mol. The maximum Gasteiger partial charge on any atom is 0.255 e. The molecule has 6 heteroatoms. The average Bonchev–Trinajstić information content (AvgIpc) is 2.72. The van der Waals surface area contributed by atoms with Gasteiger partial charge in [0.05, 0.1) is 13.2 Å². The number of anilines is 2. The summed E-state index contributed by atoms with van der Waals surface area (Å²) >= 11 is 0. The van der Waals surface area contributed by atoms with Crippen molar-refractivity contribution in [3.63, 3.8) is 0 Å². The zero-order chi connectivity index (χ0) is 20.8. The number of nitrogens with zero attached hydrogens (tertiary/aromatic N) is 1. The van der Waals surface area contributed by atoms with Gasteiger partial charge in [0.15, 0.2) is 11.5 Å². The summed E-state index contributed by atoms with van der Waals surface area (Å²) in [7, 11) is 0. The fraction of sp³-hybridized carbons (Fsp3) is 0.391. The Bertz CT molecular complexity index is 894. The molecule has 0 saturated heterocycles. The van der Waals surface area contributed by atoms with Crippen LogP contribution < -0.4 is 19.7 Å². The Hall–Kier alpha value is -3.02. The Morgan fingerprint density at radius 3 is 2.48 bits per heavy atom. The van der Waals surface area contributed by atoms with E-state index in [0.29, 0.717) is 55.4 Å². The molecule has 0 saturated carbocycles. The van der Waals surface area contributed by atoms with Crippen LogP contribution in [0.25, 0.3) is 0 Å². The van der Waals surface area contributed by atoms with E-state index in [2.05, 4.69) is 12.2 Å². The Morgan fingerprint density at radius 1 is 1.00 bits per heavy atom. The number of benzene rings is 2. The first-order valence-corrected chi connectivity index (χ1v) is 10.2. The number of rotatable bonds is 8. The summed E-state index contributed by atoms with van der Waals surface area (Å²) in [5, 5.41) is 2.95. The van der Waals surface area contributed by atoms with E-state index >= 15 is 0 Å². The van der Waals surface area contributed by atoms with Gasteiger partial charge in [0.1, 0.15) is 0 Å². The maximum absolute atomic E-state index is 12.8. The van der Waals surface area contributed by atoms with Crippen LogP contribution >= 0.6 is 0 Å². The highest BCUT2D eigenvalue weighted by Crippen LogP contribution is 2.32. The first kappa shape index (κ1) is 20.7. The van der Waals surface area contributed by atoms with Crippen LogP contribution in [-0.2, 0) is 11.2 Å². The second-order valence-corrected chi connectivity index (χ2v) is 6.87. The molecule has 0 radical (unpaired) electrons. The Kier molecular flexibility index (Phi) is 6.75. The van der Waals surface area contributed by atoms with Crippen molar-refractivity contribution in [2.75, 3.05) is 30.0 Å². The number of hydrogen-bond acceptors (Lipinski definition) is 4. The molecule has 1 aliphatic heterocycles. The monoisotopic (exact) mass is 396 g/mol. The summed E-state index contributed by atoms with van der Waals surface area (Å²) < 4.78 is 11.2. The van der Waals surface area contributed by atoms with Crippen LogP contribution in [0.15, 0.2) is 36.4 Å². The molecule has 0 fully saturated rings. The zero-order valence-electron chi connectivity index (χ0n) is 17.3. The van der Waals surface area contributed by atoms with E-state index in [-0.39, 0.29) is 11.8 Å². The fourth-order valence-electron chi connectivity index (χ4n) is 3.50. The second kappa shape index (κ2) is 9.45. The van der Waals surface area contributed by atoms with Crippen molar-refractivity contribution >= 4 is 23.2 Å².